The number of carbonyl (C=O) groups is 1. The Morgan fingerprint density at radius 2 is 2.44 bits per heavy atom. The summed E-state index contributed by atoms with van der Waals surface area (Å²) < 4.78 is 0. The molecule has 0 radical (unpaired) electrons. The molecule has 0 bridgehead atoms. The molecule has 16 heavy (non-hydrogen) atoms. The van der Waals surface area contributed by atoms with Gasteiger partial charge in [-0.1, -0.05) is 0 Å². The molecule has 0 aromatic carbocycles. The van der Waals surface area contributed by atoms with Crippen molar-refractivity contribution >= 4 is 22.4 Å². The van der Waals surface area contributed by atoms with Crippen molar-refractivity contribution in [2.24, 2.45) is 0 Å². The van der Waals surface area contributed by atoms with Crippen LogP contribution in [0.4, 0.5) is 5.13 Å². The molecule has 4 nitrogen and oxygen atoms in total. The molecule has 0 atom stereocenters. The van der Waals surface area contributed by atoms with Gasteiger partial charge < -0.3 is 10.0 Å². The van der Waals surface area contributed by atoms with Crippen LogP contribution in [0, 0.1) is 0 Å². The van der Waals surface area contributed by atoms with Crippen molar-refractivity contribution in [3.63, 3.8) is 0 Å². The number of rotatable bonds is 6. The van der Waals surface area contributed by atoms with Crippen molar-refractivity contribution < 1.29 is 9.90 Å². The van der Waals surface area contributed by atoms with Crippen molar-refractivity contribution in [2.75, 3.05) is 11.4 Å². The van der Waals surface area contributed by atoms with Gasteiger partial charge in [-0.05, 0) is 19.8 Å². The van der Waals surface area contributed by atoms with Crippen molar-refractivity contribution in [1.29, 1.82) is 0 Å². The van der Waals surface area contributed by atoms with Gasteiger partial charge in [0.25, 0.3) is 0 Å². The van der Waals surface area contributed by atoms with E-state index in [0.717, 1.165) is 17.4 Å². The largest absolute Gasteiger partial charge is 0.481 e. The highest BCUT2D eigenvalue weighted by Crippen LogP contribution is 2.33. The quantitative estimate of drug-likeness (QED) is 0.827. The number of aliphatic carboxylic acids is 1. The Hall–Kier alpha value is -1.10. The van der Waals surface area contributed by atoms with Crippen LogP contribution in [0.15, 0.2) is 5.38 Å². The Balaban J connectivity index is 1.97. The van der Waals surface area contributed by atoms with E-state index in [0.29, 0.717) is 12.5 Å². The molecule has 1 aliphatic carbocycles. The summed E-state index contributed by atoms with van der Waals surface area (Å²) in [5, 5.41) is 11.6. The van der Waals surface area contributed by atoms with Gasteiger partial charge >= 0.3 is 5.97 Å². The third kappa shape index (κ3) is 2.72. The van der Waals surface area contributed by atoms with E-state index in [9.17, 15) is 4.79 Å². The lowest BCUT2D eigenvalue weighted by atomic mass is 10.2. The van der Waals surface area contributed by atoms with Crippen molar-refractivity contribution in [3.8, 4) is 0 Å². The molecular formula is C11H16N2O2S. The first-order valence-electron chi connectivity index (χ1n) is 5.63. The van der Waals surface area contributed by atoms with Crippen LogP contribution < -0.4 is 4.90 Å². The average Bonchev–Trinajstić information content (AvgIpc) is 2.96. The highest BCUT2D eigenvalue weighted by molar-refractivity contribution is 7.13. The Labute approximate surface area is 98.9 Å². The second-order valence-corrected chi connectivity index (χ2v) is 4.87. The number of aromatic nitrogens is 1. The lowest BCUT2D eigenvalue weighted by Crippen LogP contribution is -2.24. The Bertz CT molecular complexity index is 374. The number of carboxylic acid groups (broad SMARTS) is 1. The van der Waals surface area contributed by atoms with Crippen LogP contribution in [0.25, 0.3) is 0 Å². The van der Waals surface area contributed by atoms with Gasteiger partial charge in [0.2, 0.25) is 0 Å². The summed E-state index contributed by atoms with van der Waals surface area (Å²) in [4.78, 5) is 17.3. The molecule has 1 aromatic rings. The van der Waals surface area contributed by atoms with Gasteiger partial charge in [0.15, 0.2) is 5.13 Å². The molecule has 88 valence electrons. The van der Waals surface area contributed by atoms with Crippen molar-refractivity contribution in [2.45, 2.75) is 38.6 Å². The SMILES string of the molecule is CCN(c1nc(CCC(=O)O)cs1)C1CC1. The fourth-order valence-corrected chi connectivity index (χ4v) is 2.71. The van der Waals surface area contributed by atoms with Crippen LogP contribution in [-0.2, 0) is 11.2 Å². The van der Waals surface area contributed by atoms with Crippen LogP contribution in [0.5, 0.6) is 0 Å². The lowest BCUT2D eigenvalue weighted by Gasteiger charge is -2.18. The highest BCUT2D eigenvalue weighted by atomic mass is 32.1. The molecule has 1 heterocycles. The molecule has 1 aliphatic rings. The summed E-state index contributed by atoms with van der Waals surface area (Å²) in [6.45, 7) is 3.12. The maximum absolute atomic E-state index is 10.5. The van der Waals surface area contributed by atoms with E-state index in [2.05, 4.69) is 16.8 Å². The Morgan fingerprint density at radius 1 is 1.69 bits per heavy atom. The van der Waals surface area contributed by atoms with Gasteiger partial charge in [-0.15, -0.1) is 11.3 Å². The van der Waals surface area contributed by atoms with Gasteiger partial charge in [-0.2, -0.15) is 0 Å². The minimum Gasteiger partial charge on any atom is -0.481 e. The standard InChI is InChI=1S/C11H16N2O2S/c1-2-13(9-4-5-9)11-12-8(7-16-11)3-6-10(14)15/h7,9H,2-6H2,1H3,(H,14,15). The molecule has 1 aromatic heterocycles. The van der Waals surface area contributed by atoms with Gasteiger partial charge in [-0.3, -0.25) is 4.79 Å². The normalized spacial score (nSPS) is 15.1. The van der Waals surface area contributed by atoms with E-state index in [4.69, 9.17) is 5.11 Å². The highest BCUT2D eigenvalue weighted by Gasteiger charge is 2.29. The van der Waals surface area contributed by atoms with Crippen molar-refractivity contribution in [3.05, 3.63) is 11.1 Å². The second-order valence-electron chi connectivity index (χ2n) is 4.03. The fourth-order valence-electron chi connectivity index (χ4n) is 1.71. The third-order valence-corrected chi connectivity index (χ3v) is 3.64. The molecule has 0 saturated heterocycles. The maximum atomic E-state index is 10.5. The monoisotopic (exact) mass is 240 g/mol. The minimum absolute atomic E-state index is 0.165. The number of hydrogen-bond acceptors (Lipinski definition) is 4. The lowest BCUT2D eigenvalue weighted by molar-refractivity contribution is -0.136. The van der Waals surface area contributed by atoms with Gasteiger partial charge in [0.1, 0.15) is 0 Å². The summed E-state index contributed by atoms with van der Waals surface area (Å²) >= 11 is 1.62. The van der Waals surface area contributed by atoms with Crippen LogP contribution in [0.1, 0.15) is 31.9 Å². The van der Waals surface area contributed by atoms with Crippen LogP contribution in [0.2, 0.25) is 0 Å². The van der Waals surface area contributed by atoms with Crippen LogP contribution >= 0.6 is 11.3 Å². The molecule has 1 saturated carbocycles. The zero-order valence-corrected chi connectivity index (χ0v) is 10.2. The zero-order chi connectivity index (χ0) is 11.5. The first kappa shape index (κ1) is 11.4. The molecule has 0 amide bonds. The molecule has 2 rings (SSSR count). The number of anilines is 1. The van der Waals surface area contributed by atoms with E-state index in [-0.39, 0.29) is 6.42 Å². The number of thiazole rings is 1. The number of nitrogens with zero attached hydrogens (tertiary/aromatic N) is 2. The summed E-state index contributed by atoms with van der Waals surface area (Å²) in [6.07, 6.45) is 3.22. The van der Waals surface area contributed by atoms with Gasteiger partial charge in [-0.25, -0.2) is 4.98 Å². The smallest absolute Gasteiger partial charge is 0.303 e. The van der Waals surface area contributed by atoms with E-state index in [1.165, 1.54) is 12.8 Å². The predicted molar refractivity (Wildman–Crippen MR) is 64.1 cm³/mol. The first-order chi connectivity index (χ1) is 7.70. The van der Waals surface area contributed by atoms with Crippen LogP contribution in [0.3, 0.4) is 0 Å². The van der Waals surface area contributed by atoms with E-state index < -0.39 is 5.97 Å². The summed E-state index contributed by atoms with van der Waals surface area (Å²) in [7, 11) is 0. The number of hydrogen-bond donors (Lipinski definition) is 1. The Kier molecular flexibility index (Phi) is 3.43. The zero-order valence-electron chi connectivity index (χ0n) is 9.35. The van der Waals surface area contributed by atoms with Gasteiger partial charge in [0.05, 0.1) is 12.1 Å². The van der Waals surface area contributed by atoms with E-state index >= 15 is 0 Å². The van der Waals surface area contributed by atoms with E-state index in [1.807, 2.05) is 5.38 Å². The molecule has 0 unspecified atom stereocenters. The maximum Gasteiger partial charge on any atom is 0.303 e. The predicted octanol–water partition coefficient (Wildman–Crippen LogP) is 2.15. The fraction of sp³-hybridized carbons (Fsp3) is 0.636. The molecule has 1 N–H and O–H groups in total. The summed E-state index contributed by atoms with van der Waals surface area (Å²) in [5.74, 6) is -0.760. The molecule has 0 aliphatic heterocycles. The summed E-state index contributed by atoms with van der Waals surface area (Å²) in [5.41, 5.74) is 0.904. The van der Waals surface area contributed by atoms with Crippen LogP contribution in [-0.4, -0.2) is 28.6 Å². The number of aryl methyl sites for hydroxylation is 1. The minimum atomic E-state index is -0.760. The number of carboxylic acids is 1. The topological polar surface area (TPSA) is 53.4 Å². The molecule has 0 spiro atoms. The van der Waals surface area contributed by atoms with Crippen molar-refractivity contribution in [1.82, 2.24) is 4.98 Å². The Morgan fingerprint density at radius 3 is 3.00 bits per heavy atom. The second kappa shape index (κ2) is 4.82. The molecule has 1 fully saturated rings. The van der Waals surface area contributed by atoms with E-state index in [1.54, 1.807) is 11.3 Å². The first-order valence-corrected chi connectivity index (χ1v) is 6.51. The molecule has 5 heteroatoms. The average molecular weight is 240 g/mol. The summed E-state index contributed by atoms with van der Waals surface area (Å²) in [6, 6.07) is 0.670. The third-order valence-electron chi connectivity index (χ3n) is 2.71. The molecular weight excluding hydrogens is 224 g/mol. The van der Waals surface area contributed by atoms with Gasteiger partial charge in [0, 0.05) is 24.4 Å².